The van der Waals surface area contributed by atoms with E-state index in [4.69, 9.17) is 0 Å². The largest absolute Gasteiger partial charge is 0.371 e. The second kappa shape index (κ2) is 6.01. The first kappa shape index (κ1) is 12.4. The molecule has 1 fully saturated rings. The lowest BCUT2D eigenvalue weighted by Gasteiger charge is -2.33. The maximum atomic E-state index is 10.7. The van der Waals surface area contributed by atoms with Gasteiger partial charge in [-0.05, 0) is 18.9 Å². The Morgan fingerprint density at radius 3 is 2.65 bits per heavy atom. The maximum Gasteiger partial charge on any atom is 0.0892 e. The molecule has 2 nitrogen and oxygen atoms in total. The van der Waals surface area contributed by atoms with Crippen molar-refractivity contribution < 1.29 is 4.21 Å². The van der Waals surface area contributed by atoms with Gasteiger partial charge in [0.15, 0.2) is 0 Å². The third-order valence-electron chi connectivity index (χ3n) is 3.61. The summed E-state index contributed by atoms with van der Waals surface area (Å²) in [6.45, 7) is 0. The highest BCUT2D eigenvalue weighted by Gasteiger charge is 2.19. The summed E-state index contributed by atoms with van der Waals surface area (Å²) in [5.74, 6) is 0. The van der Waals surface area contributed by atoms with E-state index in [1.165, 1.54) is 37.8 Å². The number of para-hydroxylation sites is 1. The molecule has 0 spiro atoms. The van der Waals surface area contributed by atoms with Crippen LogP contribution in [0.5, 0.6) is 0 Å². The van der Waals surface area contributed by atoms with Crippen LogP contribution in [0, 0.1) is 0 Å². The number of hydrogen-bond donors (Lipinski definition) is 0. The number of nitrogens with zero attached hydrogens (tertiary/aromatic N) is 1. The van der Waals surface area contributed by atoms with Crippen molar-refractivity contribution in [1.82, 2.24) is 0 Å². The molecular formula is C14H19NOS. The first-order chi connectivity index (χ1) is 8.33. The number of benzene rings is 1. The molecular weight excluding hydrogens is 230 g/mol. The van der Waals surface area contributed by atoms with Crippen LogP contribution >= 0.6 is 0 Å². The molecule has 3 heteroatoms. The van der Waals surface area contributed by atoms with E-state index in [1.54, 1.807) is 5.37 Å². The minimum atomic E-state index is 0.531. The van der Waals surface area contributed by atoms with Crippen molar-refractivity contribution in [3.63, 3.8) is 0 Å². The molecule has 1 aliphatic rings. The van der Waals surface area contributed by atoms with Crippen LogP contribution in [-0.4, -0.2) is 22.7 Å². The zero-order chi connectivity index (χ0) is 12.1. The number of rotatable bonds is 3. The van der Waals surface area contributed by atoms with E-state index < -0.39 is 0 Å². The molecule has 0 radical (unpaired) electrons. The van der Waals surface area contributed by atoms with Crippen molar-refractivity contribution in [3.05, 3.63) is 29.8 Å². The second-order valence-corrected chi connectivity index (χ2v) is 5.10. The summed E-state index contributed by atoms with van der Waals surface area (Å²) >= 11 is 0.531. The van der Waals surface area contributed by atoms with Gasteiger partial charge in [-0.2, -0.15) is 0 Å². The molecule has 0 bridgehead atoms. The van der Waals surface area contributed by atoms with Gasteiger partial charge in [-0.3, -0.25) is 0 Å². The molecule has 1 aliphatic carbocycles. The molecule has 17 heavy (non-hydrogen) atoms. The SMILES string of the molecule is CN(c1ccccc1C=S=O)C1CCCCC1. The summed E-state index contributed by atoms with van der Waals surface area (Å²) in [5, 5.41) is 1.69. The third-order valence-corrected chi connectivity index (χ3v) is 3.96. The van der Waals surface area contributed by atoms with Gasteiger partial charge in [-0.15, -0.1) is 0 Å². The Hall–Kier alpha value is -1.09. The molecule has 1 aromatic rings. The predicted molar refractivity (Wildman–Crippen MR) is 75.0 cm³/mol. The molecule has 1 aromatic carbocycles. The Morgan fingerprint density at radius 1 is 1.24 bits per heavy atom. The topological polar surface area (TPSA) is 20.3 Å². The highest BCUT2D eigenvalue weighted by molar-refractivity contribution is 7.65. The van der Waals surface area contributed by atoms with Gasteiger partial charge in [0, 0.05) is 29.7 Å². The summed E-state index contributed by atoms with van der Waals surface area (Å²) in [4.78, 5) is 2.35. The lowest BCUT2D eigenvalue weighted by Crippen LogP contribution is -2.33. The first-order valence-electron chi connectivity index (χ1n) is 6.26. The van der Waals surface area contributed by atoms with Crippen molar-refractivity contribution in [2.45, 2.75) is 38.1 Å². The predicted octanol–water partition coefficient (Wildman–Crippen LogP) is 2.82. The van der Waals surface area contributed by atoms with E-state index in [2.05, 4.69) is 18.0 Å². The van der Waals surface area contributed by atoms with Gasteiger partial charge >= 0.3 is 0 Å². The Balaban J connectivity index is 2.22. The van der Waals surface area contributed by atoms with E-state index >= 15 is 0 Å². The average molecular weight is 249 g/mol. The molecule has 2 rings (SSSR count). The quantitative estimate of drug-likeness (QED) is 0.768. The van der Waals surface area contributed by atoms with Crippen LogP contribution in [0.15, 0.2) is 24.3 Å². The molecule has 1 saturated carbocycles. The highest BCUT2D eigenvalue weighted by Crippen LogP contribution is 2.27. The van der Waals surface area contributed by atoms with Crippen LogP contribution in [0.3, 0.4) is 0 Å². The van der Waals surface area contributed by atoms with E-state index in [-0.39, 0.29) is 0 Å². The fraction of sp³-hybridized carbons (Fsp3) is 0.500. The van der Waals surface area contributed by atoms with Crippen LogP contribution in [0.2, 0.25) is 0 Å². The second-order valence-electron chi connectivity index (χ2n) is 4.68. The molecule has 0 heterocycles. The van der Waals surface area contributed by atoms with Crippen molar-refractivity contribution >= 4 is 22.3 Å². The summed E-state index contributed by atoms with van der Waals surface area (Å²) in [5.41, 5.74) is 2.23. The molecule has 0 aromatic heterocycles. The number of anilines is 1. The zero-order valence-corrected chi connectivity index (χ0v) is 11.1. The van der Waals surface area contributed by atoms with Gasteiger partial charge < -0.3 is 4.90 Å². The fourth-order valence-electron chi connectivity index (χ4n) is 2.63. The standard InChI is InChI=1S/C14H19NOS/c1-15(13-8-3-2-4-9-13)14-10-6-5-7-12(14)11-17-16/h5-7,10-11,13H,2-4,8-9H2,1H3. The monoisotopic (exact) mass is 249 g/mol. The van der Waals surface area contributed by atoms with Crippen LogP contribution < -0.4 is 4.90 Å². The van der Waals surface area contributed by atoms with E-state index in [0.717, 1.165) is 5.56 Å². The van der Waals surface area contributed by atoms with Crippen molar-refractivity contribution in [3.8, 4) is 0 Å². The van der Waals surface area contributed by atoms with Gasteiger partial charge in [-0.1, -0.05) is 37.5 Å². The Morgan fingerprint density at radius 2 is 1.94 bits per heavy atom. The van der Waals surface area contributed by atoms with Gasteiger partial charge in [0.2, 0.25) is 0 Å². The maximum absolute atomic E-state index is 10.7. The van der Waals surface area contributed by atoms with Crippen LogP contribution in [0.1, 0.15) is 37.7 Å². The zero-order valence-electron chi connectivity index (χ0n) is 10.3. The smallest absolute Gasteiger partial charge is 0.0892 e. The van der Waals surface area contributed by atoms with Crippen molar-refractivity contribution in [2.24, 2.45) is 0 Å². The molecule has 0 atom stereocenters. The van der Waals surface area contributed by atoms with Gasteiger partial charge in [-0.25, -0.2) is 4.21 Å². The minimum Gasteiger partial charge on any atom is -0.371 e. The summed E-state index contributed by atoms with van der Waals surface area (Å²) < 4.78 is 10.7. The summed E-state index contributed by atoms with van der Waals surface area (Å²) in [6.07, 6.45) is 6.58. The Labute approximate surface area is 107 Å². The van der Waals surface area contributed by atoms with E-state index in [9.17, 15) is 4.21 Å². The first-order valence-corrected chi connectivity index (χ1v) is 7.07. The molecule has 0 aliphatic heterocycles. The average Bonchev–Trinajstić information content (AvgIpc) is 2.40. The van der Waals surface area contributed by atoms with Crippen LogP contribution in [-0.2, 0) is 11.3 Å². The molecule has 92 valence electrons. The normalized spacial score (nSPS) is 16.5. The van der Waals surface area contributed by atoms with Gasteiger partial charge in [0.1, 0.15) is 0 Å². The lowest BCUT2D eigenvalue weighted by molar-refractivity contribution is 0.427. The lowest BCUT2D eigenvalue weighted by atomic mass is 9.94. The van der Waals surface area contributed by atoms with Crippen molar-refractivity contribution in [1.29, 1.82) is 0 Å². The van der Waals surface area contributed by atoms with Crippen molar-refractivity contribution in [2.75, 3.05) is 11.9 Å². The molecule has 0 amide bonds. The summed E-state index contributed by atoms with van der Waals surface area (Å²) in [6, 6.07) is 8.78. The Bertz CT molecular complexity index is 420. The van der Waals surface area contributed by atoms with Crippen LogP contribution in [0.4, 0.5) is 5.69 Å². The third kappa shape index (κ3) is 2.97. The highest BCUT2D eigenvalue weighted by atomic mass is 32.1. The van der Waals surface area contributed by atoms with Gasteiger partial charge in [0.25, 0.3) is 0 Å². The van der Waals surface area contributed by atoms with Gasteiger partial charge in [0.05, 0.1) is 11.3 Å². The minimum absolute atomic E-state index is 0.531. The van der Waals surface area contributed by atoms with Crippen LogP contribution in [0.25, 0.3) is 0 Å². The molecule has 0 N–H and O–H groups in total. The molecule has 0 saturated heterocycles. The fourth-order valence-corrected chi connectivity index (χ4v) is 2.93. The van der Waals surface area contributed by atoms with E-state index in [1.807, 2.05) is 18.2 Å². The molecule has 0 unspecified atom stereocenters. The Kier molecular flexibility index (Phi) is 4.37. The number of hydrogen-bond acceptors (Lipinski definition) is 2. The van der Waals surface area contributed by atoms with E-state index in [0.29, 0.717) is 17.3 Å². The summed E-state index contributed by atoms with van der Waals surface area (Å²) in [7, 11) is 2.15.